The minimum atomic E-state index is -3.42. The molecule has 0 radical (unpaired) electrons. The smallest absolute Gasteiger partial charge is 0.225 e. The van der Waals surface area contributed by atoms with Crippen LogP contribution in [0.15, 0.2) is 11.0 Å². The molecule has 0 aromatic rings. The molecule has 0 amide bonds. The van der Waals surface area contributed by atoms with Gasteiger partial charge in [-0.15, -0.1) is 0 Å². The molecular formula is C7H15NO2S. The van der Waals surface area contributed by atoms with E-state index in [4.69, 9.17) is 5.14 Å². The first-order valence-electron chi connectivity index (χ1n) is 3.68. The van der Waals surface area contributed by atoms with Crippen molar-refractivity contribution in [2.45, 2.75) is 33.1 Å². The van der Waals surface area contributed by atoms with Gasteiger partial charge in [-0.25, -0.2) is 13.6 Å². The lowest BCUT2D eigenvalue weighted by molar-refractivity contribution is 0.603. The van der Waals surface area contributed by atoms with Crippen LogP contribution in [0.25, 0.3) is 0 Å². The molecule has 0 aromatic carbocycles. The Morgan fingerprint density at radius 2 is 2.09 bits per heavy atom. The molecule has 0 saturated carbocycles. The molecule has 0 saturated heterocycles. The van der Waals surface area contributed by atoms with Crippen molar-refractivity contribution >= 4 is 10.0 Å². The molecule has 0 rings (SSSR count). The molecule has 0 spiro atoms. The Labute approximate surface area is 68.3 Å². The number of hydrogen-bond acceptors (Lipinski definition) is 2. The van der Waals surface area contributed by atoms with Gasteiger partial charge in [-0.2, -0.15) is 0 Å². The standard InChI is InChI=1S/C7H15NO2S/c1-3-4-5-6-7(2)11(8,9)10/h6H,3-5H2,1-2H3,(H2,8,9,10). The second kappa shape index (κ2) is 4.51. The van der Waals surface area contributed by atoms with Crippen LogP contribution in [0.1, 0.15) is 33.1 Å². The van der Waals surface area contributed by atoms with Crippen molar-refractivity contribution in [2.24, 2.45) is 5.14 Å². The first kappa shape index (κ1) is 10.7. The summed E-state index contributed by atoms with van der Waals surface area (Å²) < 4.78 is 21.3. The van der Waals surface area contributed by atoms with Crippen molar-refractivity contribution in [3.63, 3.8) is 0 Å². The zero-order valence-corrected chi connectivity index (χ0v) is 7.82. The van der Waals surface area contributed by atoms with Crippen molar-refractivity contribution in [2.75, 3.05) is 0 Å². The predicted molar refractivity (Wildman–Crippen MR) is 46.4 cm³/mol. The summed E-state index contributed by atoms with van der Waals surface area (Å²) in [5, 5.41) is 4.87. The van der Waals surface area contributed by atoms with Gasteiger partial charge >= 0.3 is 0 Å². The van der Waals surface area contributed by atoms with E-state index in [1.54, 1.807) is 6.08 Å². The number of rotatable bonds is 4. The highest BCUT2D eigenvalue weighted by Gasteiger charge is 2.03. The lowest BCUT2D eigenvalue weighted by Gasteiger charge is -1.95. The molecule has 0 aliphatic rings. The second-order valence-electron chi connectivity index (χ2n) is 2.50. The first-order chi connectivity index (χ1) is 4.98. The Morgan fingerprint density at radius 1 is 1.55 bits per heavy atom. The number of nitrogens with two attached hydrogens (primary N) is 1. The fraction of sp³-hybridized carbons (Fsp3) is 0.714. The van der Waals surface area contributed by atoms with Gasteiger partial charge in [0.25, 0.3) is 0 Å². The highest BCUT2D eigenvalue weighted by molar-refractivity contribution is 7.93. The molecular weight excluding hydrogens is 162 g/mol. The zero-order chi connectivity index (χ0) is 8.91. The molecule has 2 N–H and O–H groups in total. The Kier molecular flexibility index (Phi) is 4.37. The summed E-state index contributed by atoms with van der Waals surface area (Å²) in [6, 6.07) is 0. The Balaban J connectivity index is 4.03. The van der Waals surface area contributed by atoms with Crippen LogP contribution in [0.3, 0.4) is 0 Å². The summed E-state index contributed by atoms with van der Waals surface area (Å²) in [6.45, 7) is 3.57. The largest absolute Gasteiger partial charge is 0.233 e. The monoisotopic (exact) mass is 177 g/mol. The SMILES string of the molecule is CCCCC=C(C)S(N)(=O)=O. The van der Waals surface area contributed by atoms with Gasteiger partial charge in [-0.3, -0.25) is 0 Å². The average molecular weight is 177 g/mol. The molecule has 0 aromatic heterocycles. The van der Waals surface area contributed by atoms with Gasteiger partial charge in [0.2, 0.25) is 10.0 Å². The van der Waals surface area contributed by atoms with Crippen molar-refractivity contribution in [1.82, 2.24) is 0 Å². The van der Waals surface area contributed by atoms with Crippen LogP contribution < -0.4 is 5.14 Å². The van der Waals surface area contributed by atoms with Gasteiger partial charge in [0.05, 0.1) is 4.91 Å². The molecule has 0 unspecified atom stereocenters. The van der Waals surface area contributed by atoms with Crippen molar-refractivity contribution < 1.29 is 8.42 Å². The molecule has 0 fully saturated rings. The maximum absolute atomic E-state index is 10.6. The summed E-state index contributed by atoms with van der Waals surface area (Å²) in [5.74, 6) is 0. The minimum absolute atomic E-state index is 0.269. The van der Waals surface area contributed by atoms with Crippen molar-refractivity contribution in [3.8, 4) is 0 Å². The third-order valence-electron chi connectivity index (χ3n) is 1.44. The average Bonchev–Trinajstić information content (AvgIpc) is 1.86. The van der Waals surface area contributed by atoms with E-state index < -0.39 is 10.0 Å². The number of hydrogen-bond donors (Lipinski definition) is 1. The van der Waals surface area contributed by atoms with E-state index >= 15 is 0 Å². The van der Waals surface area contributed by atoms with Crippen LogP contribution in [-0.4, -0.2) is 8.42 Å². The van der Waals surface area contributed by atoms with Crippen molar-refractivity contribution in [3.05, 3.63) is 11.0 Å². The van der Waals surface area contributed by atoms with Gasteiger partial charge in [0.15, 0.2) is 0 Å². The summed E-state index contributed by atoms with van der Waals surface area (Å²) in [5.41, 5.74) is 0. The Hall–Kier alpha value is -0.350. The molecule has 66 valence electrons. The van der Waals surface area contributed by atoms with E-state index in [1.807, 2.05) is 0 Å². The molecule has 3 nitrogen and oxygen atoms in total. The van der Waals surface area contributed by atoms with E-state index in [-0.39, 0.29) is 4.91 Å². The van der Waals surface area contributed by atoms with Crippen LogP contribution in [0.4, 0.5) is 0 Å². The summed E-state index contributed by atoms with van der Waals surface area (Å²) in [7, 11) is -3.42. The van der Waals surface area contributed by atoms with Gasteiger partial charge < -0.3 is 0 Å². The maximum atomic E-state index is 10.6. The molecule has 0 atom stereocenters. The van der Waals surface area contributed by atoms with E-state index in [1.165, 1.54) is 6.92 Å². The van der Waals surface area contributed by atoms with Gasteiger partial charge in [0.1, 0.15) is 0 Å². The zero-order valence-electron chi connectivity index (χ0n) is 7.00. The summed E-state index contributed by atoms with van der Waals surface area (Å²) in [6.07, 6.45) is 4.53. The lowest BCUT2D eigenvalue weighted by Crippen LogP contribution is -2.12. The third kappa shape index (κ3) is 4.98. The quantitative estimate of drug-likeness (QED) is 0.659. The number of primary sulfonamides is 1. The lowest BCUT2D eigenvalue weighted by atomic mass is 10.2. The molecule has 0 aliphatic carbocycles. The molecule has 11 heavy (non-hydrogen) atoms. The normalized spacial score (nSPS) is 13.5. The molecule has 0 bridgehead atoms. The Morgan fingerprint density at radius 3 is 2.45 bits per heavy atom. The molecule has 4 heteroatoms. The van der Waals surface area contributed by atoms with Crippen LogP contribution in [0, 0.1) is 0 Å². The van der Waals surface area contributed by atoms with E-state index in [9.17, 15) is 8.42 Å². The fourth-order valence-electron chi connectivity index (χ4n) is 0.626. The van der Waals surface area contributed by atoms with E-state index in [2.05, 4.69) is 6.92 Å². The topological polar surface area (TPSA) is 60.2 Å². The van der Waals surface area contributed by atoms with Crippen molar-refractivity contribution in [1.29, 1.82) is 0 Å². The fourth-order valence-corrected chi connectivity index (χ4v) is 0.976. The van der Waals surface area contributed by atoms with Crippen LogP contribution in [0.5, 0.6) is 0 Å². The predicted octanol–water partition coefficient (Wildman–Crippen LogP) is 1.37. The highest BCUT2D eigenvalue weighted by atomic mass is 32.2. The van der Waals surface area contributed by atoms with Crippen LogP contribution in [0.2, 0.25) is 0 Å². The van der Waals surface area contributed by atoms with E-state index in [0.717, 1.165) is 19.3 Å². The molecule has 0 aliphatic heterocycles. The highest BCUT2D eigenvalue weighted by Crippen LogP contribution is 2.04. The minimum Gasteiger partial charge on any atom is -0.225 e. The third-order valence-corrected chi connectivity index (χ3v) is 2.50. The summed E-state index contributed by atoms with van der Waals surface area (Å²) >= 11 is 0. The maximum Gasteiger partial charge on any atom is 0.233 e. The Bertz CT molecular complexity index is 229. The number of allylic oxidation sites excluding steroid dienone is 2. The second-order valence-corrected chi connectivity index (χ2v) is 4.24. The van der Waals surface area contributed by atoms with Crippen LogP contribution >= 0.6 is 0 Å². The van der Waals surface area contributed by atoms with Crippen LogP contribution in [-0.2, 0) is 10.0 Å². The van der Waals surface area contributed by atoms with Gasteiger partial charge in [0, 0.05) is 0 Å². The number of unbranched alkanes of at least 4 members (excludes halogenated alkanes) is 2. The van der Waals surface area contributed by atoms with Gasteiger partial charge in [-0.05, 0) is 13.3 Å². The van der Waals surface area contributed by atoms with E-state index in [0.29, 0.717) is 0 Å². The summed E-state index contributed by atoms with van der Waals surface area (Å²) in [4.78, 5) is 0.269. The molecule has 0 heterocycles. The number of sulfonamides is 1. The first-order valence-corrected chi connectivity index (χ1v) is 5.22. The van der Waals surface area contributed by atoms with Gasteiger partial charge in [-0.1, -0.05) is 25.8 Å².